The quantitative estimate of drug-likeness (QED) is 0.665. The number of esters is 1. The fourth-order valence-corrected chi connectivity index (χ4v) is 4.13. The van der Waals surface area contributed by atoms with E-state index < -0.39 is 0 Å². The Morgan fingerprint density at radius 1 is 1.15 bits per heavy atom. The molecule has 140 valence electrons. The van der Waals surface area contributed by atoms with E-state index in [0.717, 1.165) is 41.2 Å². The zero-order valence-electron chi connectivity index (χ0n) is 16.3. The molecule has 0 aliphatic heterocycles. The Bertz CT molecular complexity index is 782. The fraction of sp³-hybridized carbons (Fsp3) is 0.524. The van der Waals surface area contributed by atoms with Gasteiger partial charge in [0.15, 0.2) is 0 Å². The topological polar surface area (TPSA) is 44.1 Å². The predicted molar refractivity (Wildman–Crippen MR) is 105 cm³/mol. The van der Waals surface area contributed by atoms with Crippen LogP contribution in [0.2, 0.25) is 0 Å². The van der Waals surface area contributed by atoms with Gasteiger partial charge >= 0.3 is 5.97 Å². The molecular formula is C21H28N2O2S. The second-order valence-corrected chi connectivity index (χ2v) is 9.20. The Hall–Kier alpha value is -1.75. The smallest absolute Gasteiger partial charge is 0.315 e. The van der Waals surface area contributed by atoms with Crippen LogP contribution in [0, 0.1) is 19.8 Å². The second kappa shape index (κ2) is 7.47. The number of aromatic nitrogens is 2. The molecule has 1 aromatic carbocycles. The van der Waals surface area contributed by atoms with Crippen molar-refractivity contribution >= 4 is 17.7 Å². The van der Waals surface area contributed by atoms with Crippen molar-refractivity contribution in [1.82, 2.24) is 9.78 Å². The van der Waals surface area contributed by atoms with Crippen LogP contribution >= 0.6 is 11.8 Å². The first-order chi connectivity index (χ1) is 12.3. The minimum Gasteiger partial charge on any atom is -0.406 e. The van der Waals surface area contributed by atoms with Crippen molar-refractivity contribution in [1.29, 1.82) is 0 Å². The summed E-state index contributed by atoms with van der Waals surface area (Å²) in [4.78, 5) is 14.7. The third-order valence-electron chi connectivity index (χ3n) is 4.73. The van der Waals surface area contributed by atoms with Crippen molar-refractivity contribution < 1.29 is 9.53 Å². The third-order valence-corrected chi connectivity index (χ3v) is 5.91. The van der Waals surface area contributed by atoms with E-state index in [1.807, 2.05) is 11.6 Å². The fourth-order valence-electron chi connectivity index (χ4n) is 3.22. The summed E-state index contributed by atoms with van der Waals surface area (Å²) < 4.78 is 7.80. The molecule has 0 saturated heterocycles. The zero-order chi connectivity index (χ0) is 18.9. The van der Waals surface area contributed by atoms with E-state index in [0.29, 0.717) is 5.88 Å². The lowest BCUT2D eigenvalue weighted by Crippen LogP contribution is -2.27. The van der Waals surface area contributed by atoms with Gasteiger partial charge in [-0.25, -0.2) is 4.68 Å². The van der Waals surface area contributed by atoms with E-state index in [1.165, 1.54) is 5.56 Å². The molecule has 1 heterocycles. The summed E-state index contributed by atoms with van der Waals surface area (Å²) >= 11 is 1.61. The minimum atomic E-state index is -0.262. The number of rotatable bonds is 4. The van der Waals surface area contributed by atoms with Crippen LogP contribution in [0.1, 0.15) is 57.7 Å². The van der Waals surface area contributed by atoms with Gasteiger partial charge in [-0.1, -0.05) is 42.3 Å². The van der Waals surface area contributed by atoms with Crippen LogP contribution in [0.25, 0.3) is 0 Å². The van der Waals surface area contributed by atoms with E-state index in [1.54, 1.807) is 11.8 Å². The number of hydrogen-bond donors (Lipinski definition) is 0. The van der Waals surface area contributed by atoms with Crippen LogP contribution in [-0.4, -0.2) is 15.7 Å². The molecule has 26 heavy (non-hydrogen) atoms. The van der Waals surface area contributed by atoms with Gasteiger partial charge in [-0.05, 0) is 59.6 Å². The average Bonchev–Trinajstić information content (AvgIpc) is 3.20. The maximum absolute atomic E-state index is 12.7. The third kappa shape index (κ3) is 4.14. The van der Waals surface area contributed by atoms with Crippen molar-refractivity contribution in [3.8, 4) is 5.88 Å². The Morgan fingerprint density at radius 2 is 1.77 bits per heavy atom. The van der Waals surface area contributed by atoms with Crippen LogP contribution in [-0.2, 0) is 10.3 Å². The van der Waals surface area contributed by atoms with Crippen molar-refractivity contribution in [3.63, 3.8) is 0 Å². The summed E-state index contributed by atoms with van der Waals surface area (Å²) in [7, 11) is 0. The monoisotopic (exact) mass is 372 g/mol. The lowest BCUT2D eigenvalue weighted by atomic mass is 10.1. The van der Waals surface area contributed by atoms with Crippen LogP contribution in [0.5, 0.6) is 5.88 Å². The molecule has 0 amide bonds. The van der Waals surface area contributed by atoms with Gasteiger partial charge in [-0.2, -0.15) is 5.10 Å². The van der Waals surface area contributed by atoms with Crippen molar-refractivity contribution in [2.45, 2.75) is 75.6 Å². The van der Waals surface area contributed by atoms with Crippen LogP contribution in [0.15, 0.2) is 34.1 Å². The average molecular weight is 373 g/mol. The van der Waals surface area contributed by atoms with Gasteiger partial charge in [0.2, 0.25) is 5.88 Å². The van der Waals surface area contributed by atoms with Gasteiger partial charge in [0.25, 0.3) is 0 Å². The maximum Gasteiger partial charge on any atom is 0.315 e. The molecule has 1 aliphatic rings. The largest absolute Gasteiger partial charge is 0.406 e. The van der Waals surface area contributed by atoms with Gasteiger partial charge in [-0.15, -0.1) is 0 Å². The lowest BCUT2D eigenvalue weighted by Gasteiger charge is -2.22. The maximum atomic E-state index is 12.7. The predicted octanol–water partition coefficient (Wildman–Crippen LogP) is 5.50. The summed E-state index contributed by atoms with van der Waals surface area (Å²) in [5.41, 5.74) is 1.85. The first-order valence-corrected chi connectivity index (χ1v) is 10.1. The van der Waals surface area contributed by atoms with Gasteiger partial charge in [0.05, 0.1) is 22.0 Å². The Kier molecular flexibility index (Phi) is 5.47. The van der Waals surface area contributed by atoms with Crippen molar-refractivity contribution in [3.05, 3.63) is 35.5 Å². The Morgan fingerprint density at radius 3 is 2.35 bits per heavy atom. The van der Waals surface area contributed by atoms with E-state index >= 15 is 0 Å². The molecule has 1 fully saturated rings. The number of nitrogens with zero attached hydrogens (tertiary/aromatic N) is 2. The Labute approximate surface area is 160 Å². The first-order valence-electron chi connectivity index (χ1n) is 9.32. The highest BCUT2D eigenvalue weighted by Gasteiger charge is 2.31. The molecule has 0 bridgehead atoms. The Balaban J connectivity index is 1.95. The SMILES string of the molecule is Cc1ccc(Sc2c(C)nn(C(C)(C)C)c2OC(=O)C2CCCC2)cc1. The van der Waals surface area contributed by atoms with Gasteiger partial charge < -0.3 is 4.74 Å². The van der Waals surface area contributed by atoms with Gasteiger partial charge in [0.1, 0.15) is 0 Å². The zero-order valence-corrected chi connectivity index (χ0v) is 17.2. The van der Waals surface area contributed by atoms with E-state index in [9.17, 15) is 4.79 Å². The van der Waals surface area contributed by atoms with E-state index in [2.05, 4.69) is 52.0 Å². The highest BCUT2D eigenvalue weighted by Crippen LogP contribution is 2.40. The summed E-state index contributed by atoms with van der Waals surface area (Å²) in [6.45, 7) is 10.3. The second-order valence-electron chi connectivity index (χ2n) is 8.12. The molecule has 0 radical (unpaired) electrons. The molecule has 0 atom stereocenters. The first kappa shape index (κ1) is 19.0. The van der Waals surface area contributed by atoms with Crippen molar-refractivity contribution in [2.75, 3.05) is 0 Å². The van der Waals surface area contributed by atoms with Gasteiger partial charge in [0, 0.05) is 4.90 Å². The lowest BCUT2D eigenvalue weighted by molar-refractivity contribution is -0.139. The molecule has 0 N–H and O–H groups in total. The highest BCUT2D eigenvalue weighted by atomic mass is 32.2. The molecule has 3 rings (SSSR count). The summed E-state index contributed by atoms with van der Waals surface area (Å²) in [6.07, 6.45) is 4.09. The number of ether oxygens (including phenoxy) is 1. The molecular weight excluding hydrogens is 344 g/mol. The molecule has 4 nitrogen and oxygen atoms in total. The molecule has 1 saturated carbocycles. The van der Waals surface area contributed by atoms with Crippen LogP contribution < -0.4 is 4.74 Å². The van der Waals surface area contributed by atoms with Crippen molar-refractivity contribution in [2.24, 2.45) is 5.92 Å². The summed E-state index contributed by atoms with van der Waals surface area (Å²) in [5, 5.41) is 4.69. The number of aryl methyl sites for hydroxylation is 2. The van der Waals surface area contributed by atoms with E-state index in [4.69, 9.17) is 9.84 Å². The molecule has 2 aromatic rings. The highest BCUT2D eigenvalue weighted by molar-refractivity contribution is 7.99. The molecule has 5 heteroatoms. The standard InChI is InChI=1S/C21H28N2O2S/c1-14-10-12-17(13-11-14)26-18-15(2)22-23(21(3,4)5)19(18)25-20(24)16-8-6-7-9-16/h10-13,16H,6-9H2,1-5H3. The number of carbonyl (C=O) groups is 1. The minimum absolute atomic E-state index is 0.0239. The number of hydrogen-bond acceptors (Lipinski definition) is 4. The van der Waals surface area contributed by atoms with Crippen LogP contribution in [0.3, 0.4) is 0 Å². The summed E-state index contributed by atoms with van der Waals surface area (Å²) in [5.74, 6) is 0.493. The normalized spacial score (nSPS) is 15.4. The number of carbonyl (C=O) groups excluding carboxylic acids is 1. The molecule has 1 aromatic heterocycles. The van der Waals surface area contributed by atoms with Crippen LogP contribution in [0.4, 0.5) is 0 Å². The van der Waals surface area contributed by atoms with E-state index in [-0.39, 0.29) is 17.4 Å². The molecule has 1 aliphatic carbocycles. The molecule has 0 unspecified atom stereocenters. The summed E-state index contributed by atoms with van der Waals surface area (Å²) in [6, 6.07) is 8.37. The molecule has 0 spiro atoms. The number of benzene rings is 1. The van der Waals surface area contributed by atoms with Gasteiger partial charge in [-0.3, -0.25) is 4.79 Å².